The molecule has 4 rings (SSSR count). The van der Waals surface area contributed by atoms with Crippen LogP contribution in [0.3, 0.4) is 0 Å². The van der Waals surface area contributed by atoms with Crippen LogP contribution in [0.4, 0.5) is 4.39 Å². The molecule has 2 aromatic rings. The number of carbonyl (C=O) groups is 4. The van der Waals surface area contributed by atoms with Crippen molar-refractivity contribution < 1.29 is 28.3 Å². The molecule has 1 aromatic heterocycles. The molecule has 3 atom stereocenters. The van der Waals surface area contributed by atoms with E-state index in [0.29, 0.717) is 18.2 Å². The lowest BCUT2D eigenvalue weighted by molar-refractivity contribution is -0.146. The van der Waals surface area contributed by atoms with Crippen molar-refractivity contribution in [3.05, 3.63) is 34.7 Å². The fraction of sp³-hybridized carbons (Fsp3) is 0.520. The number of halogens is 2. The topological polar surface area (TPSA) is 129 Å². The Morgan fingerprint density at radius 2 is 1.92 bits per heavy atom. The summed E-state index contributed by atoms with van der Waals surface area (Å²) in [5.41, 5.74) is 0.00864. The normalized spacial score (nSPS) is 20.5. The van der Waals surface area contributed by atoms with Gasteiger partial charge >= 0.3 is 5.97 Å². The first-order valence-corrected chi connectivity index (χ1v) is 12.3. The van der Waals surface area contributed by atoms with E-state index in [1.54, 1.807) is 0 Å². The molecule has 3 amide bonds. The molecule has 1 aliphatic carbocycles. The van der Waals surface area contributed by atoms with E-state index >= 15 is 0 Å². The second kappa shape index (κ2) is 10.1. The first-order chi connectivity index (χ1) is 17.0. The quantitative estimate of drug-likeness (QED) is 0.378. The van der Waals surface area contributed by atoms with Crippen LogP contribution in [-0.4, -0.2) is 53.4 Å². The Hall–Kier alpha value is -3.14. The monoisotopic (exact) mass is 520 g/mol. The zero-order valence-corrected chi connectivity index (χ0v) is 21.1. The summed E-state index contributed by atoms with van der Waals surface area (Å²) in [6.45, 7) is 3.78. The lowest BCUT2D eigenvalue weighted by atomic mass is 9.91. The molecule has 9 nitrogen and oxygen atoms in total. The number of rotatable bonds is 9. The van der Waals surface area contributed by atoms with Crippen molar-refractivity contribution in [2.75, 3.05) is 7.11 Å². The number of aromatic nitrogens is 1. The first-order valence-electron chi connectivity index (χ1n) is 11.9. The Morgan fingerprint density at radius 3 is 2.53 bits per heavy atom. The van der Waals surface area contributed by atoms with Crippen molar-refractivity contribution in [3.63, 3.8) is 0 Å². The fourth-order valence-corrected chi connectivity index (χ4v) is 4.93. The third-order valence-electron chi connectivity index (χ3n) is 6.73. The molecule has 194 valence electrons. The Labute approximate surface area is 212 Å². The molecule has 0 spiro atoms. The maximum atomic E-state index is 13.8. The molecule has 1 aromatic carbocycles. The van der Waals surface area contributed by atoms with Gasteiger partial charge in [-0.2, -0.15) is 0 Å². The van der Waals surface area contributed by atoms with Gasteiger partial charge in [0.05, 0.1) is 12.6 Å². The van der Waals surface area contributed by atoms with Gasteiger partial charge in [0.1, 0.15) is 28.6 Å². The van der Waals surface area contributed by atoms with Crippen LogP contribution in [0.15, 0.2) is 18.2 Å². The lowest BCUT2D eigenvalue weighted by Crippen LogP contribution is -2.52. The average molecular weight is 521 g/mol. The van der Waals surface area contributed by atoms with Crippen molar-refractivity contribution in [1.82, 2.24) is 20.9 Å². The first kappa shape index (κ1) is 25.9. The molecule has 0 bridgehead atoms. The number of ether oxygens (including phenoxy) is 1. The number of hydrogen-bond acceptors (Lipinski definition) is 5. The minimum atomic E-state index is -1.04. The van der Waals surface area contributed by atoms with E-state index in [9.17, 15) is 23.6 Å². The molecule has 2 aliphatic rings. The lowest BCUT2D eigenvalue weighted by Gasteiger charge is -2.23. The van der Waals surface area contributed by atoms with Crippen LogP contribution in [0.25, 0.3) is 10.9 Å². The van der Waals surface area contributed by atoms with Crippen LogP contribution in [0, 0.1) is 17.7 Å². The molecular formula is C25H30ClFN4O5. The number of amides is 3. The van der Waals surface area contributed by atoms with Crippen LogP contribution in [0.5, 0.6) is 0 Å². The number of aromatic amines is 1. The maximum Gasteiger partial charge on any atom is 0.328 e. The van der Waals surface area contributed by atoms with E-state index < -0.39 is 47.1 Å². The van der Waals surface area contributed by atoms with Crippen molar-refractivity contribution >= 4 is 46.2 Å². The summed E-state index contributed by atoms with van der Waals surface area (Å²) in [4.78, 5) is 53.9. The van der Waals surface area contributed by atoms with Gasteiger partial charge in [-0.3, -0.25) is 14.4 Å². The van der Waals surface area contributed by atoms with E-state index in [1.165, 1.54) is 25.3 Å². The van der Waals surface area contributed by atoms with Crippen LogP contribution in [0.2, 0.25) is 5.02 Å². The van der Waals surface area contributed by atoms with E-state index in [2.05, 4.69) is 20.9 Å². The molecule has 0 unspecified atom stereocenters. The molecule has 36 heavy (non-hydrogen) atoms. The highest BCUT2D eigenvalue weighted by atomic mass is 35.5. The third kappa shape index (κ3) is 5.80. The largest absolute Gasteiger partial charge is 0.467 e. The van der Waals surface area contributed by atoms with Gasteiger partial charge in [0.2, 0.25) is 11.8 Å². The Bertz CT molecular complexity index is 1210. The second-order valence-corrected chi connectivity index (χ2v) is 10.7. The zero-order chi connectivity index (χ0) is 26.2. The zero-order valence-electron chi connectivity index (χ0n) is 20.4. The summed E-state index contributed by atoms with van der Waals surface area (Å²) in [5.74, 6) is -2.73. The molecule has 1 saturated heterocycles. The number of fused-ring (bicyclic) bond motifs is 1. The summed E-state index contributed by atoms with van der Waals surface area (Å²) in [6, 6.07) is 2.28. The van der Waals surface area contributed by atoms with Crippen molar-refractivity contribution in [2.45, 2.75) is 63.6 Å². The Balaban J connectivity index is 1.48. The van der Waals surface area contributed by atoms with Gasteiger partial charge in [-0.05, 0) is 57.2 Å². The van der Waals surface area contributed by atoms with E-state index in [4.69, 9.17) is 16.3 Å². The van der Waals surface area contributed by atoms with Gasteiger partial charge in [0, 0.05) is 16.8 Å². The summed E-state index contributed by atoms with van der Waals surface area (Å²) < 4.78 is 18.7. The Kier molecular flexibility index (Phi) is 7.26. The average Bonchev–Trinajstić information content (AvgIpc) is 3.45. The molecule has 2 heterocycles. The van der Waals surface area contributed by atoms with Crippen LogP contribution < -0.4 is 16.0 Å². The molecule has 0 radical (unpaired) electrons. The minimum Gasteiger partial charge on any atom is -0.467 e. The van der Waals surface area contributed by atoms with E-state index in [0.717, 1.165) is 12.8 Å². The SMILES string of the molecule is COC(=O)[C@H](C[C@@H]1CC(C)(C)NC1=O)NC(=O)[C@H](CC1CC1)NC(=O)c1cc2ccc(F)c(Cl)c2[nH]1. The van der Waals surface area contributed by atoms with Gasteiger partial charge in [-0.1, -0.05) is 24.4 Å². The van der Waals surface area contributed by atoms with Gasteiger partial charge in [-0.15, -0.1) is 0 Å². The van der Waals surface area contributed by atoms with Crippen molar-refractivity contribution in [3.8, 4) is 0 Å². The summed E-state index contributed by atoms with van der Waals surface area (Å²) in [6.07, 6.45) is 2.89. The number of hydrogen-bond donors (Lipinski definition) is 4. The van der Waals surface area contributed by atoms with Gasteiger partial charge in [-0.25, -0.2) is 9.18 Å². The molecule has 11 heteroatoms. The van der Waals surface area contributed by atoms with Gasteiger partial charge in [0.25, 0.3) is 5.91 Å². The van der Waals surface area contributed by atoms with Gasteiger partial charge in [0.15, 0.2) is 0 Å². The second-order valence-electron chi connectivity index (χ2n) is 10.3. The maximum absolute atomic E-state index is 13.8. The van der Waals surface area contributed by atoms with Crippen molar-refractivity contribution in [1.29, 1.82) is 0 Å². The fourth-order valence-electron chi connectivity index (χ4n) is 4.71. The number of H-pyrrole nitrogens is 1. The minimum absolute atomic E-state index is 0.0872. The number of benzene rings is 1. The van der Waals surface area contributed by atoms with Crippen LogP contribution in [0.1, 0.15) is 56.4 Å². The van der Waals surface area contributed by atoms with Crippen molar-refractivity contribution in [2.24, 2.45) is 11.8 Å². The van der Waals surface area contributed by atoms with E-state index in [1.807, 2.05) is 13.8 Å². The summed E-state index contributed by atoms with van der Waals surface area (Å²) >= 11 is 6.00. The molecule has 2 fully saturated rings. The number of carbonyl (C=O) groups excluding carboxylic acids is 4. The highest BCUT2D eigenvalue weighted by molar-refractivity contribution is 6.35. The number of nitrogens with one attached hydrogen (secondary N) is 4. The highest BCUT2D eigenvalue weighted by Gasteiger charge is 2.41. The summed E-state index contributed by atoms with van der Waals surface area (Å²) in [7, 11) is 1.22. The smallest absolute Gasteiger partial charge is 0.328 e. The highest BCUT2D eigenvalue weighted by Crippen LogP contribution is 2.34. The third-order valence-corrected chi connectivity index (χ3v) is 7.10. The molecular weight excluding hydrogens is 491 g/mol. The van der Waals surface area contributed by atoms with E-state index in [-0.39, 0.29) is 34.5 Å². The van der Waals surface area contributed by atoms with Crippen LogP contribution in [-0.2, 0) is 19.1 Å². The molecule has 1 saturated carbocycles. The number of methoxy groups -OCH3 is 1. The van der Waals surface area contributed by atoms with Gasteiger partial charge < -0.3 is 25.7 Å². The molecule has 4 N–H and O–H groups in total. The van der Waals surface area contributed by atoms with Crippen LogP contribution >= 0.6 is 11.6 Å². The molecule has 1 aliphatic heterocycles. The predicted molar refractivity (Wildman–Crippen MR) is 131 cm³/mol. The Morgan fingerprint density at radius 1 is 1.19 bits per heavy atom. The standard InChI is InChI=1S/C25H30ClFN4O5/c1-25(2)11-14(21(32)31-25)10-18(24(35)36-3)30-22(33)16(8-12-4-5-12)29-23(34)17-9-13-6-7-15(27)19(26)20(13)28-17/h6-7,9,12,14,16,18,28H,4-5,8,10-11H2,1-3H3,(H,29,34)(H,30,33)(H,31,32)/t14-,16+,18+/m1/s1. The number of esters is 1. The summed E-state index contributed by atoms with van der Waals surface area (Å²) in [5, 5.41) is 8.72. The predicted octanol–water partition coefficient (Wildman–Crippen LogP) is 2.82.